The molecule has 24 heavy (non-hydrogen) atoms. The second-order valence-corrected chi connectivity index (χ2v) is 6.59. The highest BCUT2D eigenvalue weighted by Crippen LogP contribution is 2.37. The maximum atomic E-state index is 12.4. The second-order valence-electron chi connectivity index (χ2n) is 6.59. The fourth-order valence-electron chi connectivity index (χ4n) is 3.17. The Morgan fingerprint density at radius 3 is 2.62 bits per heavy atom. The summed E-state index contributed by atoms with van der Waals surface area (Å²) < 4.78 is 0. The molecule has 0 aliphatic carbocycles. The quantitative estimate of drug-likeness (QED) is 0.755. The van der Waals surface area contributed by atoms with Crippen molar-refractivity contribution in [1.82, 2.24) is 4.90 Å². The van der Waals surface area contributed by atoms with Gasteiger partial charge in [0.25, 0.3) is 0 Å². The van der Waals surface area contributed by atoms with E-state index in [1.54, 1.807) is 0 Å². The molecule has 2 heterocycles. The van der Waals surface area contributed by atoms with Crippen molar-refractivity contribution in [2.45, 2.75) is 38.3 Å². The molecule has 0 aromatic heterocycles. The number of aryl methyl sites for hydroxylation is 1. The fraction of sp³-hybridized carbons (Fsp3) is 0.526. The van der Waals surface area contributed by atoms with Gasteiger partial charge < -0.3 is 9.80 Å². The zero-order chi connectivity index (χ0) is 17.0. The predicted octanol–water partition coefficient (Wildman–Crippen LogP) is 3.00. The molecular formula is C19H24N4O. The van der Waals surface area contributed by atoms with Gasteiger partial charge in [-0.2, -0.15) is 10.2 Å². The van der Waals surface area contributed by atoms with Crippen LogP contribution in [0.1, 0.15) is 31.2 Å². The molecule has 5 heteroatoms. The summed E-state index contributed by atoms with van der Waals surface area (Å²) in [6.45, 7) is 5.42. The highest BCUT2D eigenvalue weighted by atomic mass is 16.2. The highest BCUT2D eigenvalue weighted by Gasteiger charge is 2.39. The minimum atomic E-state index is -0.356. The maximum absolute atomic E-state index is 12.4. The molecule has 0 atom stereocenters. The summed E-state index contributed by atoms with van der Waals surface area (Å²) in [5.41, 5.74) is 2.15. The average Bonchev–Trinajstić information content (AvgIpc) is 3.38. The van der Waals surface area contributed by atoms with Crippen molar-refractivity contribution < 1.29 is 4.79 Å². The van der Waals surface area contributed by atoms with Gasteiger partial charge in [0.05, 0.1) is 0 Å². The van der Waals surface area contributed by atoms with Crippen molar-refractivity contribution in [3.63, 3.8) is 0 Å². The first-order chi connectivity index (χ1) is 11.6. The van der Waals surface area contributed by atoms with E-state index in [9.17, 15) is 4.79 Å². The van der Waals surface area contributed by atoms with Crippen LogP contribution in [0.2, 0.25) is 0 Å². The van der Waals surface area contributed by atoms with Crippen LogP contribution in [0.4, 0.5) is 5.69 Å². The van der Waals surface area contributed by atoms with Gasteiger partial charge in [0.15, 0.2) is 5.66 Å². The van der Waals surface area contributed by atoms with Crippen molar-refractivity contribution in [2.24, 2.45) is 10.2 Å². The third-order valence-electron chi connectivity index (χ3n) is 4.79. The third-order valence-corrected chi connectivity index (χ3v) is 4.79. The van der Waals surface area contributed by atoms with Crippen LogP contribution in [0.15, 0.2) is 34.5 Å². The molecule has 1 aromatic rings. The fourth-order valence-corrected chi connectivity index (χ4v) is 3.17. The van der Waals surface area contributed by atoms with Crippen molar-refractivity contribution >= 4 is 11.6 Å². The van der Waals surface area contributed by atoms with Gasteiger partial charge >= 0.3 is 0 Å². The molecule has 0 N–H and O–H groups in total. The Kier molecular flexibility index (Phi) is 4.84. The van der Waals surface area contributed by atoms with Crippen LogP contribution < -0.4 is 4.90 Å². The van der Waals surface area contributed by atoms with Crippen LogP contribution in [-0.2, 0) is 4.79 Å². The summed E-state index contributed by atoms with van der Waals surface area (Å²) in [7, 11) is 0. The molecule has 1 amide bonds. The number of hydrogen-bond acceptors (Lipinski definition) is 4. The summed E-state index contributed by atoms with van der Waals surface area (Å²) in [6, 6.07) is 8.52. The molecule has 126 valence electrons. The minimum Gasteiger partial charge on any atom is -0.368 e. The molecule has 0 bridgehead atoms. The standard InChI is InChI=1S/C19H24N4O/c1-3-4-9-19(20-21-19)10-8-18(24)23-13-11-22(12-14-23)17-7-5-6-16(2)15-17/h1,5-7,15H,4,8-14H2,2H3. The van der Waals surface area contributed by atoms with E-state index in [0.29, 0.717) is 19.3 Å². The van der Waals surface area contributed by atoms with Gasteiger partial charge in [-0.3, -0.25) is 4.79 Å². The molecule has 0 spiro atoms. The summed E-state index contributed by atoms with van der Waals surface area (Å²) in [6.07, 6.45) is 7.91. The number of nitrogens with zero attached hydrogens (tertiary/aromatic N) is 4. The van der Waals surface area contributed by atoms with Crippen molar-refractivity contribution in [3.05, 3.63) is 29.8 Å². The molecule has 1 aromatic carbocycles. The number of hydrogen-bond donors (Lipinski definition) is 0. The number of terminal acetylenes is 1. The van der Waals surface area contributed by atoms with E-state index in [1.807, 2.05) is 4.90 Å². The van der Waals surface area contributed by atoms with E-state index in [-0.39, 0.29) is 11.6 Å². The number of carbonyl (C=O) groups excluding carboxylic acids is 1. The number of amides is 1. The molecular weight excluding hydrogens is 300 g/mol. The molecule has 0 unspecified atom stereocenters. The van der Waals surface area contributed by atoms with Crippen molar-refractivity contribution in [2.75, 3.05) is 31.1 Å². The summed E-state index contributed by atoms with van der Waals surface area (Å²) in [5.74, 6) is 2.82. The molecule has 2 aliphatic rings. The van der Waals surface area contributed by atoms with E-state index < -0.39 is 0 Å². The number of benzene rings is 1. The van der Waals surface area contributed by atoms with E-state index >= 15 is 0 Å². The normalized spacial score (nSPS) is 18.3. The largest absolute Gasteiger partial charge is 0.368 e. The van der Waals surface area contributed by atoms with Crippen molar-refractivity contribution in [1.29, 1.82) is 0 Å². The lowest BCUT2D eigenvalue weighted by atomic mass is 10.0. The zero-order valence-corrected chi connectivity index (χ0v) is 14.2. The Labute approximate surface area is 143 Å². The zero-order valence-electron chi connectivity index (χ0n) is 14.2. The first-order valence-corrected chi connectivity index (χ1v) is 8.59. The third kappa shape index (κ3) is 3.94. The van der Waals surface area contributed by atoms with Crippen LogP contribution in [0, 0.1) is 19.3 Å². The molecule has 5 nitrogen and oxygen atoms in total. The van der Waals surface area contributed by atoms with Gasteiger partial charge in [-0.25, -0.2) is 0 Å². The van der Waals surface area contributed by atoms with Gasteiger partial charge in [-0.1, -0.05) is 12.1 Å². The van der Waals surface area contributed by atoms with Gasteiger partial charge in [0.1, 0.15) is 0 Å². The highest BCUT2D eigenvalue weighted by molar-refractivity contribution is 5.76. The van der Waals surface area contributed by atoms with E-state index in [4.69, 9.17) is 6.42 Å². The smallest absolute Gasteiger partial charge is 0.222 e. The van der Waals surface area contributed by atoms with Crippen LogP contribution in [0.3, 0.4) is 0 Å². The Morgan fingerprint density at radius 1 is 1.25 bits per heavy atom. The lowest BCUT2D eigenvalue weighted by Gasteiger charge is -2.36. The molecule has 3 rings (SSSR count). The molecule has 0 saturated carbocycles. The van der Waals surface area contributed by atoms with Gasteiger partial charge in [-0.15, -0.1) is 12.3 Å². The van der Waals surface area contributed by atoms with Gasteiger partial charge in [-0.05, 0) is 24.6 Å². The maximum Gasteiger partial charge on any atom is 0.222 e. The van der Waals surface area contributed by atoms with E-state index in [0.717, 1.165) is 32.6 Å². The van der Waals surface area contributed by atoms with Crippen LogP contribution in [0.5, 0.6) is 0 Å². The number of rotatable bonds is 6. The second kappa shape index (κ2) is 7.04. The summed E-state index contributed by atoms with van der Waals surface area (Å²) >= 11 is 0. The molecule has 0 radical (unpaired) electrons. The monoisotopic (exact) mass is 324 g/mol. The number of anilines is 1. The summed E-state index contributed by atoms with van der Waals surface area (Å²) in [5, 5.41) is 8.20. The SMILES string of the molecule is C#CCCC1(CCC(=O)N2CCN(c3cccc(C)c3)CC2)N=N1. The van der Waals surface area contributed by atoms with Crippen LogP contribution in [-0.4, -0.2) is 42.6 Å². The Bertz CT molecular complexity index is 662. The Balaban J connectivity index is 1.45. The predicted molar refractivity (Wildman–Crippen MR) is 94.9 cm³/mol. The van der Waals surface area contributed by atoms with Gasteiger partial charge in [0.2, 0.25) is 5.91 Å². The minimum absolute atomic E-state index is 0.205. The first kappa shape index (κ1) is 16.5. The Hall–Kier alpha value is -2.35. The number of carbonyl (C=O) groups is 1. The first-order valence-electron chi connectivity index (χ1n) is 8.59. The Morgan fingerprint density at radius 2 is 2.00 bits per heavy atom. The molecule has 1 saturated heterocycles. The lowest BCUT2D eigenvalue weighted by molar-refractivity contribution is -0.131. The van der Waals surface area contributed by atoms with E-state index in [2.05, 4.69) is 52.2 Å². The van der Waals surface area contributed by atoms with Crippen molar-refractivity contribution in [3.8, 4) is 12.3 Å². The average molecular weight is 324 g/mol. The lowest BCUT2D eigenvalue weighted by Crippen LogP contribution is -2.49. The van der Waals surface area contributed by atoms with Gasteiger partial charge in [0, 0.05) is 57.5 Å². The van der Waals surface area contributed by atoms with E-state index in [1.165, 1.54) is 11.3 Å². The molecule has 2 aliphatic heterocycles. The topological polar surface area (TPSA) is 48.3 Å². The number of piperazine rings is 1. The van der Waals surface area contributed by atoms with Crippen LogP contribution >= 0.6 is 0 Å². The molecule has 1 fully saturated rings. The van der Waals surface area contributed by atoms with Crippen LogP contribution in [0.25, 0.3) is 0 Å². The summed E-state index contributed by atoms with van der Waals surface area (Å²) in [4.78, 5) is 16.7.